The first kappa shape index (κ1) is 20.9. The van der Waals surface area contributed by atoms with Gasteiger partial charge in [0.25, 0.3) is 0 Å². The number of thiazole rings is 1. The molecule has 0 aliphatic heterocycles. The molecular formula is C18H20N2O5S2. The number of amides is 1. The lowest BCUT2D eigenvalue weighted by Crippen LogP contribution is -2.17. The molecule has 1 aromatic heterocycles. The van der Waals surface area contributed by atoms with E-state index >= 15 is 0 Å². The van der Waals surface area contributed by atoms with Gasteiger partial charge in [-0.2, -0.15) is 0 Å². The van der Waals surface area contributed by atoms with Gasteiger partial charge in [0.1, 0.15) is 0 Å². The van der Waals surface area contributed by atoms with Crippen molar-refractivity contribution in [1.82, 2.24) is 4.98 Å². The number of carbonyl (C=O) groups excluding carboxylic acids is 3. The quantitative estimate of drug-likeness (QED) is 0.503. The predicted octanol–water partition coefficient (Wildman–Crippen LogP) is 3.16. The van der Waals surface area contributed by atoms with E-state index in [2.05, 4.69) is 10.3 Å². The third-order valence-corrected chi connectivity index (χ3v) is 5.25. The summed E-state index contributed by atoms with van der Waals surface area (Å²) >= 11 is 2.62. The molecule has 1 aromatic carbocycles. The van der Waals surface area contributed by atoms with Crippen LogP contribution in [0.1, 0.15) is 29.9 Å². The number of esters is 2. The van der Waals surface area contributed by atoms with Crippen molar-refractivity contribution in [3.05, 3.63) is 40.9 Å². The monoisotopic (exact) mass is 408 g/mol. The summed E-state index contributed by atoms with van der Waals surface area (Å²) in [6, 6.07) is 6.68. The Morgan fingerprint density at radius 2 is 1.89 bits per heavy atom. The molecule has 0 unspecified atom stereocenters. The van der Waals surface area contributed by atoms with Crippen LogP contribution in [0.25, 0.3) is 0 Å². The fourth-order valence-corrected chi connectivity index (χ4v) is 3.73. The number of benzene rings is 1. The minimum atomic E-state index is -0.482. The second-order valence-corrected chi connectivity index (χ2v) is 7.27. The fraction of sp³-hybridized carbons (Fsp3) is 0.333. The van der Waals surface area contributed by atoms with Crippen LogP contribution < -0.4 is 5.32 Å². The fourth-order valence-electron chi connectivity index (χ4n) is 2.09. The second kappa shape index (κ2) is 10.7. The minimum absolute atomic E-state index is 0.115. The Hall–Kier alpha value is -2.39. The first-order valence-corrected chi connectivity index (χ1v) is 10.2. The minimum Gasteiger partial charge on any atom is -0.466 e. The summed E-state index contributed by atoms with van der Waals surface area (Å²) in [5.74, 6) is -0.945. The van der Waals surface area contributed by atoms with Gasteiger partial charge in [0.15, 0.2) is 4.34 Å². The zero-order chi connectivity index (χ0) is 19.6. The second-order valence-electron chi connectivity index (χ2n) is 5.19. The standard InChI is InChI=1S/C18H20N2O5S2/c1-3-24-16(22)9-12-10-26-18(19-12)27-11-15(21)20-14-8-6-5-7-13(14)17(23)25-4-2/h5-8,10H,3-4,9,11H2,1-2H3,(H,20,21). The highest BCUT2D eigenvalue weighted by atomic mass is 32.2. The van der Waals surface area contributed by atoms with Crippen LogP contribution in [-0.4, -0.2) is 41.8 Å². The van der Waals surface area contributed by atoms with Crippen molar-refractivity contribution >= 4 is 46.6 Å². The summed E-state index contributed by atoms with van der Waals surface area (Å²) in [6.45, 7) is 4.06. The summed E-state index contributed by atoms with van der Waals surface area (Å²) in [6.07, 6.45) is 0.115. The van der Waals surface area contributed by atoms with Crippen molar-refractivity contribution in [2.45, 2.75) is 24.6 Å². The molecule has 27 heavy (non-hydrogen) atoms. The van der Waals surface area contributed by atoms with Gasteiger partial charge in [0.05, 0.1) is 42.3 Å². The Morgan fingerprint density at radius 1 is 1.15 bits per heavy atom. The van der Waals surface area contributed by atoms with Gasteiger partial charge in [-0.05, 0) is 26.0 Å². The average Bonchev–Trinajstić information content (AvgIpc) is 3.08. The van der Waals surface area contributed by atoms with E-state index in [9.17, 15) is 14.4 Å². The van der Waals surface area contributed by atoms with Crippen molar-refractivity contribution < 1.29 is 23.9 Å². The number of anilines is 1. The maximum atomic E-state index is 12.2. The Bertz CT molecular complexity index is 807. The van der Waals surface area contributed by atoms with Gasteiger partial charge >= 0.3 is 11.9 Å². The number of thioether (sulfide) groups is 1. The molecule has 0 aliphatic carbocycles. The maximum Gasteiger partial charge on any atom is 0.340 e. The van der Waals surface area contributed by atoms with Crippen LogP contribution in [0.15, 0.2) is 34.0 Å². The van der Waals surface area contributed by atoms with Gasteiger partial charge in [-0.1, -0.05) is 23.9 Å². The van der Waals surface area contributed by atoms with Crippen molar-refractivity contribution in [3.63, 3.8) is 0 Å². The maximum absolute atomic E-state index is 12.2. The largest absolute Gasteiger partial charge is 0.466 e. The van der Waals surface area contributed by atoms with Gasteiger partial charge in [0, 0.05) is 5.38 Å². The Morgan fingerprint density at radius 3 is 2.63 bits per heavy atom. The van der Waals surface area contributed by atoms with Gasteiger partial charge < -0.3 is 14.8 Å². The molecule has 0 spiro atoms. The summed E-state index contributed by atoms with van der Waals surface area (Å²) in [7, 11) is 0. The summed E-state index contributed by atoms with van der Waals surface area (Å²) in [5.41, 5.74) is 1.33. The zero-order valence-electron chi connectivity index (χ0n) is 15.0. The van der Waals surface area contributed by atoms with E-state index in [0.29, 0.717) is 27.9 Å². The van der Waals surface area contributed by atoms with Crippen LogP contribution in [0.2, 0.25) is 0 Å². The lowest BCUT2D eigenvalue weighted by Gasteiger charge is -2.09. The molecule has 7 nitrogen and oxygen atoms in total. The van der Waals surface area contributed by atoms with Gasteiger partial charge in [-0.25, -0.2) is 9.78 Å². The zero-order valence-corrected chi connectivity index (χ0v) is 16.7. The molecule has 0 bridgehead atoms. The molecule has 2 rings (SSSR count). The van der Waals surface area contributed by atoms with Gasteiger partial charge in [0.2, 0.25) is 5.91 Å². The van der Waals surface area contributed by atoms with Crippen molar-refractivity contribution in [3.8, 4) is 0 Å². The SMILES string of the molecule is CCOC(=O)Cc1csc(SCC(=O)Nc2ccccc2C(=O)OCC)n1. The van der Waals surface area contributed by atoms with Crippen LogP contribution in [-0.2, 0) is 25.5 Å². The number of carbonyl (C=O) groups is 3. The highest BCUT2D eigenvalue weighted by molar-refractivity contribution is 8.01. The lowest BCUT2D eigenvalue weighted by molar-refractivity contribution is -0.142. The van der Waals surface area contributed by atoms with Crippen LogP contribution in [0, 0.1) is 0 Å². The molecule has 1 heterocycles. The third kappa shape index (κ3) is 6.69. The van der Waals surface area contributed by atoms with E-state index in [4.69, 9.17) is 9.47 Å². The van der Waals surface area contributed by atoms with E-state index in [1.54, 1.807) is 43.5 Å². The molecule has 144 valence electrons. The average molecular weight is 409 g/mol. The van der Waals surface area contributed by atoms with E-state index in [0.717, 1.165) is 0 Å². The van der Waals surface area contributed by atoms with Gasteiger partial charge in [-0.15, -0.1) is 11.3 Å². The molecule has 0 saturated heterocycles. The smallest absolute Gasteiger partial charge is 0.340 e. The molecule has 1 amide bonds. The normalized spacial score (nSPS) is 10.3. The lowest BCUT2D eigenvalue weighted by atomic mass is 10.2. The highest BCUT2D eigenvalue weighted by Crippen LogP contribution is 2.24. The first-order chi connectivity index (χ1) is 13.0. The van der Waals surface area contributed by atoms with E-state index in [1.165, 1.54) is 23.1 Å². The van der Waals surface area contributed by atoms with Crippen LogP contribution in [0.4, 0.5) is 5.69 Å². The topological polar surface area (TPSA) is 94.6 Å². The Kier molecular flexibility index (Phi) is 8.28. The van der Waals surface area contributed by atoms with Crippen molar-refractivity contribution in [1.29, 1.82) is 0 Å². The molecule has 2 aromatic rings. The highest BCUT2D eigenvalue weighted by Gasteiger charge is 2.15. The Balaban J connectivity index is 1.89. The van der Waals surface area contributed by atoms with E-state index < -0.39 is 5.97 Å². The molecule has 0 fully saturated rings. The number of nitrogens with zero attached hydrogens (tertiary/aromatic N) is 1. The first-order valence-electron chi connectivity index (χ1n) is 8.32. The molecule has 0 aliphatic rings. The molecule has 0 radical (unpaired) electrons. The van der Waals surface area contributed by atoms with E-state index in [1.807, 2.05) is 0 Å². The number of ether oxygens (including phenoxy) is 2. The van der Waals surface area contributed by atoms with Crippen LogP contribution >= 0.6 is 23.1 Å². The molecule has 1 N–H and O–H groups in total. The molecule has 0 atom stereocenters. The number of hydrogen-bond donors (Lipinski definition) is 1. The molecule has 9 heteroatoms. The summed E-state index contributed by atoms with van der Waals surface area (Å²) in [5, 5.41) is 4.49. The van der Waals surface area contributed by atoms with E-state index in [-0.39, 0.29) is 30.7 Å². The third-order valence-electron chi connectivity index (χ3n) is 3.18. The molecule has 0 saturated carbocycles. The van der Waals surface area contributed by atoms with Gasteiger partial charge in [-0.3, -0.25) is 9.59 Å². The number of para-hydroxylation sites is 1. The number of aromatic nitrogens is 1. The van der Waals surface area contributed by atoms with Crippen LogP contribution in [0.3, 0.4) is 0 Å². The summed E-state index contributed by atoms with van der Waals surface area (Å²) < 4.78 is 10.6. The number of hydrogen-bond acceptors (Lipinski definition) is 8. The predicted molar refractivity (Wildman–Crippen MR) is 104 cm³/mol. The number of rotatable bonds is 9. The summed E-state index contributed by atoms with van der Waals surface area (Å²) in [4.78, 5) is 39.9. The Labute approximate surface area is 165 Å². The van der Waals surface area contributed by atoms with Crippen molar-refractivity contribution in [2.75, 3.05) is 24.3 Å². The van der Waals surface area contributed by atoms with Crippen LogP contribution in [0.5, 0.6) is 0 Å². The number of nitrogens with one attached hydrogen (secondary N) is 1. The molecular weight excluding hydrogens is 388 g/mol. The van der Waals surface area contributed by atoms with Crippen molar-refractivity contribution in [2.24, 2.45) is 0 Å².